The van der Waals surface area contributed by atoms with Crippen LogP contribution in [0.3, 0.4) is 0 Å². The molecule has 0 saturated carbocycles. The molecule has 0 spiro atoms. The summed E-state index contributed by atoms with van der Waals surface area (Å²) in [5.41, 5.74) is 0.264. The molecule has 1 aromatic heterocycles. The molecule has 2 rings (SSSR count). The van der Waals surface area contributed by atoms with Gasteiger partial charge in [0.25, 0.3) is 0 Å². The highest BCUT2D eigenvalue weighted by atomic mass is 19.4. The van der Waals surface area contributed by atoms with Crippen molar-refractivity contribution in [2.24, 2.45) is 0 Å². The first kappa shape index (κ1) is 9.76. The van der Waals surface area contributed by atoms with Crippen LogP contribution >= 0.6 is 0 Å². The summed E-state index contributed by atoms with van der Waals surface area (Å²) in [6.45, 7) is 0. The molecule has 0 atom stereocenters. The Labute approximate surface area is 82.9 Å². The van der Waals surface area contributed by atoms with Crippen molar-refractivity contribution in [3.63, 3.8) is 0 Å². The predicted octanol–water partition coefficient (Wildman–Crippen LogP) is 2.84. The first-order chi connectivity index (χ1) is 7.00. The number of nitrogens with zero attached hydrogens (tertiary/aromatic N) is 1. The molecule has 0 bridgehead atoms. The number of alkyl halides is 3. The largest absolute Gasteiger partial charge is 0.472 e. The third kappa shape index (κ3) is 1.60. The van der Waals surface area contributed by atoms with E-state index >= 15 is 0 Å². The van der Waals surface area contributed by atoms with E-state index in [1.54, 1.807) is 18.2 Å². The van der Waals surface area contributed by atoms with E-state index in [1.807, 2.05) is 0 Å². The first-order valence-electron chi connectivity index (χ1n) is 4.18. The maximum Gasteiger partial charge on any atom is 0.472 e. The van der Waals surface area contributed by atoms with Crippen molar-refractivity contribution in [3.8, 4) is 0 Å². The molecule has 0 unspecified atom stereocenters. The predicted molar refractivity (Wildman–Crippen MR) is 48.6 cm³/mol. The standard InChI is InChI=1S/C10H6F3NO/c11-10(12,13)9(15)14-6-5-7-3-1-2-4-8(7)14/h1-6H/i1+1,2+1,3+1,4+1,7+1,8+1. The van der Waals surface area contributed by atoms with Crippen LogP contribution in [0.4, 0.5) is 13.2 Å². The second-order valence-corrected chi connectivity index (χ2v) is 3.05. The fraction of sp³-hybridized carbons (Fsp3) is 0.100. The molecule has 2 aromatic rings. The summed E-state index contributed by atoms with van der Waals surface area (Å²) in [6, 6.07) is 7.88. The van der Waals surface area contributed by atoms with E-state index in [4.69, 9.17) is 0 Å². The lowest BCUT2D eigenvalue weighted by molar-refractivity contribution is -0.0942. The van der Waals surface area contributed by atoms with Gasteiger partial charge in [0.2, 0.25) is 0 Å². The first-order valence-corrected chi connectivity index (χ1v) is 4.18. The molecule has 0 aliphatic carbocycles. The third-order valence-corrected chi connectivity index (χ3v) is 2.06. The second kappa shape index (κ2) is 3.12. The van der Waals surface area contributed by atoms with E-state index in [0.29, 0.717) is 9.95 Å². The quantitative estimate of drug-likeness (QED) is 0.667. The summed E-state index contributed by atoms with van der Waals surface area (Å²) in [7, 11) is 0. The van der Waals surface area contributed by atoms with Gasteiger partial charge in [-0.3, -0.25) is 9.36 Å². The SMILES string of the molecule is O=C(n1cc[13c]2[13cH][13cH][13cH][13cH][13c]21)C(F)(F)F. The van der Waals surface area contributed by atoms with Crippen LogP contribution in [0.15, 0.2) is 36.5 Å². The molecule has 15 heavy (non-hydrogen) atoms. The minimum atomic E-state index is -4.85. The van der Waals surface area contributed by atoms with Gasteiger partial charge in [-0.15, -0.1) is 0 Å². The lowest BCUT2D eigenvalue weighted by Gasteiger charge is -2.06. The topological polar surface area (TPSA) is 22.0 Å². The Morgan fingerprint density at radius 3 is 2.47 bits per heavy atom. The number of hydrogen-bond donors (Lipinski definition) is 0. The number of rotatable bonds is 0. The number of benzene rings is 1. The van der Waals surface area contributed by atoms with Gasteiger partial charge in [-0.05, 0) is 12.1 Å². The summed E-state index contributed by atoms with van der Waals surface area (Å²) < 4.78 is 37.1. The van der Waals surface area contributed by atoms with E-state index in [1.165, 1.54) is 12.1 Å². The average Bonchev–Trinajstić information content (AvgIpc) is 2.58. The zero-order valence-electron chi connectivity index (χ0n) is 7.45. The van der Waals surface area contributed by atoms with Crippen LogP contribution in [0.1, 0.15) is 4.79 Å². The maximum atomic E-state index is 12.2. The van der Waals surface area contributed by atoms with Crippen LogP contribution in [-0.2, 0) is 0 Å². The molecule has 2 nitrogen and oxygen atoms in total. The zero-order valence-corrected chi connectivity index (χ0v) is 7.45. The summed E-state index contributed by atoms with van der Waals surface area (Å²) in [5.74, 6) is -1.87. The molecule has 5 heteroatoms. The summed E-state index contributed by atoms with van der Waals surface area (Å²) >= 11 is 0. The maximum absolute atomic E-state index is 12.2. The Kier molecular flexibility index (Phi) is 2.03. The molecule has 0 aliphatic heterocycles. The van der Waals surface area contributed by atoms with Gasteiger partial charge >= 0.3 is 12.1 Å². The monoisotopic (exact) mass is 219 g/mol. The van der Waals surface area contributed by atoms with Crippen molar-refractivity contribution in [1.29, 1.82) is 0 Å². The minimum Gasteiger partial charge on any atom is -0.279 e. The molecular weight excluding hydrogens is 213 g/mol. The second-order valence-electron chi connectivity index (χ2n) is 3.05. The minimum absolute atomic E-state index is 0.264. The summed E-state index contributed by atoms with van der Waals surface area (Å²) in [5, 5.41) is 0.607. The van der Waals surface area contributed by atoms with Gasteiger partial charge in [0.05, 0.1) is 5.52 Å². The van der Waals surface area contributed by atoms with Gasteiger partial charge in [-0.25, -0.2) is 0 Å². The molecule has 1 aromatic carbocycles. The highest BCUT2D eigenvalue weighted by Gasteiger charge is 2.40. The van der Waals surface area contributed by atoms with E-state index in [0.717, 1.165) is 6.20 Å². The van der Waals surface area contributed by atoms with Crippen LogP contribution < -0.4 is 0 Å². The molecule has 0 amide bonds. The Morgan fingerprint density at radius 2 is 1.80 bits per heavy atom. The van der Waals surface area contributed by atoms with Crippen molar-refractivity contribution >= 4 is 16.8 Å². The summed E-state index contributed by atoms with van der Waals surface area (Å²) in [4.78, 5) is 11.0. The lowest BCUT2D eigenvalue weighted by atomic mass is 10.6. The highest BCUT2D eigenvalue weighted by molar-refractivity contribution is 5.94. The van der Waals surface area contributed by atoms with Crippen molar-refractivity contribution in [2.45, 2.75) is 6.18 Å². The molecule has 0 radical (unpaired) electrons. The Hall–Kier alpha value is -1.78. The molecular formula is C10H6F3NO. The van der Waals surface area contributed by atoms with Gasteiger partial charge in [0, 0.05) is 11.6 Å². The van der Waals surface area contributed by atoms with E-state index in [-0.39, 0.29) is 5.52 Å². The van der Waals surface area contributed by atoms with E-state index in [2.05, 4.69) is 0 Å². The number of hydrogen-bond acceptors (Lipinski definition) is 1. The van der Waals surface area contributed by atoms with Crippen molar-refractivity contribution in [1.82, 2.24) is 4.57 Å². The molecule has 0 N–H and O–H groups in total. The van der Waals surface area contributed by atoms with Crippen LogP contribution in [0, 0.1) is 0 Å². The fourth-order valence-electron chi connectivity index (χ4n) is 1.40. The molecule has 0 fully saturated rings. The molecule has 0 saturated heterocycles. The van der Waals surface area contributed by atoms with Crippen molar-refractivity contribution in [2.75, 3.05) is 0 Å². The number of carbonyl (C=O) groups is 1. The van der Waals surface area contributed by atoms with Crippen LogP contribution in [0.2, 0.25) is 0 Å². The zero-order chi connectivity index (χ0) is 11.1. The van der Waals surface area contributed by atoms with Gasteiger partial charge in [0.1, 0.15) is 0 Å². The fourth-order valence-corrected chi connectivity index (χ4v) is 1.40. The van der Waals surface area contributed by atoms with E-state index < -0.39 is 12.1 Å². The highest BCUT2D eigenvalue weighted by Crippen LogP contribution is 2.22. The lowest BCUT2D eigenvalue weighted by Crippen LogP contribution is -2.28. The van der Waals surface area contributed by atoms with Gasteiger partial charge < -0.3 is 0 Å². The number of fused-ring (bicyclic) bond motifs is 1. The molecule has 0 aliphatic rings. The number of carbonyl (C=O) groups excluding carboxylic acids is 1. The van der Waals surface area contributed by atoms with Gasteiger partial charge in [-0.1, -0.05) is 18.2 Å². The number of para-hydroxylation sites is 1. The summed E-state index contributed by atoms with van der Waals surface area (Å²) in [6.07, 6.45) is -3.72. The normalized spacial score (nSPS) is 11.9. The Balaban J connectivity index is 2.58. The van der Waals surface area contributed by atoms with Crippen molar-refractivity contribution in [3.05, 3.63) is 36.5 Å². The van der Waals surface area contributed by atoms with E-state index in [9.17, 15) is 18.0 Å². The number of aromatic nitrogens is 1. The van der Waals surface area contributed by atoms with Crippen LogP contribution in [0.25, 0.3) is 10.9 Å². The average molecular weight is 219 g/mol. The van der Waals surface area contributed by atoms with Gasteiger partial charge in [-0.2, -0.15) is 13.2 Å². The Bertz CT molecular complexity index is 513. The van der Waals surface area contributed by atoms with Crippen molar-refractivity contribution < 1.29 is 18.0 Å². The number of halogens is 3. The molecule has 78 valence electrons. The van der Waals surface area contributed by atoms with Crippen LogP contribution in [-0.4, -0.2) is 16.7 Å². The van der Waals surface area contributed by atoms with Crippen LogP contribution in [0.5, 0.6) is 0 Å². The van der Waals surface area contributed by atoms with Gasteiger partial charge in [0.15, 0.2) is 0 Å². The Morgan fingerprint density at radius 1 is 1.13 bits per heavy atom. The smallest absolute Gasteiger partial charge is 0.279 e. The molecule has 1 heterocycles. The third-order valence-electron chi connectivity index (χ3n) is 2.06.